The van der Waals surface area contributed by atoms with Crippen LogP contribution in [-0.4, -0.2) is 33.8 Å². The Kier molecular flexibility index (Phi) is 3.15. The predicted octanol–water partition coefficient (Wildman–Crippen LogP) is -0.265. The molecular weight excluding hydrogens is 250 g/mol. The maximum absolute atomic E-state index is 11.6. The molecule has 0 saturated carbocycles. The molecule has 0 aliphatic heterocycles. The molecule has 0 atom stereocenters. The van der Waals surface area contributed by atoms with Crippen molar-refractivity contribution in [2.75, 3.05) is 12.8 Å². The number of primary amides is 1. The number of esters is 1. The van der Waals surface area contributed by atoms with Crippen molar-refractivity contribution < 1.29 is 14.3 Å². The molecular formula is C11H11N5O3. The third-order valence-electron chi connectivity index (χ3n) is 2.43. The van der Waals surface area contributed by atoms with Gasteiger partial charge in [-0.1, -0.05) is 0 Å². The molecule has 0 radical (unpaired) electrons. The number of carbonyl (C=O) groups excluding carboxylic acids is 2. The second-order valence-electron chi connectivity index (χ2n) is 3.63. The maximum Gasteiger partial charge on any atom is 0.340 e. The summed E-state index contributed by atoms with van der Waals surface area (Å²) in [7, 11) is 1.26. The lowest BCUT2D eigenvalue weighted by Gasteiger charge is -2.06. The number of pyridine rings is 1. The van der Waals surface area contributed by atoms with E-state index in [1.807, 2.05) is 0 Å². The molecule has 0 fully saturated rings. The minimum atomic E-state index is -0.750. The number of nitrogen functional groups attached to an aromatic ring is 1. The van der Waals surface area contributed by atoms with E-state index in [2.05, 4.69) is 14.8 Å². The first-order chi connectivity index (χ1) is 9.04. The molecule has 0 aromatic carbocycles. The maximum atomic E-state index is 11.6. The van der Waals surface area contributed by atoms with Crippen molar-refractivity contribution >= 4 is 17.6 Å². The Balaban J connectivity index is 2.56. The van der Waals surface area contributed by atoms with Crippen LogP contribution in [0.2, 0.25) is 0 Å². The highest BCUT2D eigenvalue weighted by molar-refractivity contribution is 5.96. The van der Waals surface area contributed by atoms with Crippen LogP contribution in [0, 0.1) is 0 Å². The number of hydrogen-bond donors (Lipinski definition) is 2. The van der Waals surface area contributed by atoms with Gasteiger partial charge in [0.05, 0.1) is 36.4 Å². The molecule has 2 heterocycles. The van der Waals surface area contributed by atoms with Crippen LogP contribution in [0.5, 0.6) is 0 Å². The fourth-order valence-electron chi connectivity index (χ4n) is 1.55. The summed E-state index contributed by atoms with van der Waals surface area (Å²) >= 11 is 0. The molecule has 0 saturated heterocycles. The number of anilines is 1. The lowest BCUT2D eigenvalue weighted by atomic mass is 10.2. The van der Waals surface area contributed by atoms with E-state index in [-0.39, 0.29) is 16.9 Å². The van der Waals surface area contributed by atoms with Crippen LogP contribution in [0.1, 0.15) is 20.8 Å². The minimum Gasteiger partial charge on any atom is -0.465 e. The normalized spacial score (nSPS) is 10.2. The average Bonchev–Trinajstić information content (AvgIpc) is 2.80. The first-order valence-corrected chi connectivity index (χ1v) is 5.22. The predicted molar refractivity (Wildman–Crippen MR) is 65.6 cm³/mol. The summed E-state index contributed by atoms with van der Waals surface area (Å²) in [6.45, 7) is 0. The molecule has 0 spiro atoms. The van der Waals surface area contributed by atoms with E-state index in [9.17, 15) is 9.59 Å². The highest BCUT2D eigenvalue weighted by Crippen LogP contribution is 2.17. The molecule has 0 aliphatic carbocycles. The average molecular weight is 261 g/mol. The van der Waals surface area contributed by atoms with Gasteiger partial charge in [-0.25, -0.2) is 9.48 Å². The second kappa shape index (κ2) is 4.77. The van der Waals surface area contributed by atoms with Crippen molar-refractivity contribution in [3.63, 3.8) is 0 Å². The monoisotopic (exact) mass is 261 g/mol. The Morgan fingerprint density at radius 3 is 2.74 bits per heavy atom. The second-order valence-corrected chi connectivity index (χ2v) is 3.63. The smallest absolute Gasteiger partial charge is 0.340 e. The summed E-state index contributed by atoms with van der Waals surface area (Å²) < 4.78 is 5.91. The van der Waals surface area contributed by atoms with Gasteiger partial charge in [-0.15, -0.1) is 0 Å². The van der Waals surface area contributed by atoms with Gasteiger partial charge in [0.1, 0.15) is 0 Å². The Bertz CT molecular complexity index is 650. The van der Waals surface area contributed by atoms with E-state index in [4.69, 9.17) is 11.5 Å². The van der Waals surface area contributed by atoms with Gasteiger partial charge in [0, 0.05) is 6.20 Å². The Labute approximate surface area is 108 Å². The number of rotatable bonds is 3. The zero-order valence-corrected chi connectivity index (χ0v) is 10.0. The van der Waals surface area contributed by atoms with Crippen LogP contribution >= 0.6 is 0 Å². The minimum absolute atomic E-state index is 0.0698. The lowest BCUT2D eigenvalue weighted by molar-refractivity contribution is 0.0600. The van der Waals surface area contributed by atoms with Gasteiger partial charge in [0.2, 0.25) is 0 Å². The van der Waals surface area contributed by atoms with Gasteiger partial charge in [-0.2, -0.15) is 5.10 Å². The highest BCUT2D eigenvalue weighted by Gasteiger charge is 2.17. The molecule has 0 bridgehead atoms. The van der Waals surface area contributed by atoms with Crippen LogP contribution in [-0.2, 0) is 4.74 Å². The Morgan fingerprint density at radius 2 is 2.16 bits per heavy atom. The fraction of sp³-hybridized carbons (Fsp3) is 0.0909. The number of nitrogens with two attached hydrogens (primary N) is 2. The third-order valence-corrected chi connectivity index (χ3v) is 2.43. The number of methoxy groups -OCH3 is 1. The summed E-state index contributed by atoms with van der Waals surface area (Å²) in [4.78, 5) is 26.6. The van der Waals surface area contributed by atoms with Crippen LogP contribution in [0.3, 0.4) is 0 Å². The summed E-state index contributed by atoms with van der Waals surface area (Å²) in [5, 5.41) is 3.93. The molecule has 2 aromatic rings. The summed E-state index contributed by atoms with van der Waals surface area (Å²) in [5.74, 6) is -1.30. The quantitative estimate of drug-likeness (QED) is 0.732. The zero-order valence-electron chi connectivity index (χ0n) is 10.0. The topological polar surface area (TPSA) is 126 Å². The molecule has 1 amide bonds. The number of aromatic nitrogens is 3. The number of nitrogens with zero attached hydrogens (tertiary/aromatic N) is 3. The molecule has 2 rings (SSSR count). The van der Waals surface area contributed by atoms with Crippen molar-refractivity contribution in [3.8, 4) is 5.69 Å². The van der Waals surface area contributed by atoms with E-state index in [0.29, 0.717) is 5.69 Å². The van der Waals surface area contributed by atoms with Gasteiger partial charge < -0.3 is 16.2 Å². The molecule has 2 aromatic heterocycles. The van der Waals surface area contributed by atoms with Crippen LogP contribution in [0.15, 0.2) is 24.7 Å². The number of hydrogen-bond acceptors (Lipinski definition) is 6. The molecule has 98 valence electrons. The van der Waals surface area contributed by atoms with E-state index in [0.717, 1.165) is 0 Å². The Morgan fingerprint density at radius 1 is 1.42 bits per heavy atom. The van der Waals surface area contributed by atoms with Gasteiger partial charge >= 0.3 is 5.97 Å². The molecule has 19 heavy (non-hydrogen) atoms. The van der Waals surface area contributed by atoms with Crippen molar-refractivity contribution in [3.05, 3.63) is 35.9 Å². The fourth-order valence-corrected chi connectivity index (χ4v) is 1.55. The molecule has 0 unspecified atom stereocenters. The van der Waals surface area contributed by atoms with Crippen molar-refractivity contribution in [1.82, 2.24) is 14.8 Å². The number of ether oxygens (including phenoxy) is 1. The largest absolute Gasteiger partial charge is 0.465 e. The van der Waals surface area contributed by atoms with Crippen LogP contribution in [0.4, 0.5) is 5.69 Å². The molecule has 4 N–H and O–H groups in total. The first-order valence-electron chi connectivity index (χ1n) is 5.22. The lowest BCUT2D eigenvalue weighted by Crippen LogP contribution is -2.14. The van der Waals surface area contributed by atoms with Crippen LogP contribution in [0.25, 0.3) is 5.69 Å². The van der Waals surface area contributed by atoms with Crippen molar-refractivity contribution in [2.24, 2.45) is 5.73 Å². The van der Waals surface area contributed by atoms with E-state index in [1.165, 1.54) is 36.4 Å². The highest BCUT2D eigenvalue weighted by atomic mass is 16.5. The van der Waals surface area contributed by atoms with Gasteiger partial charge in [0.15, 0.2) is 5.69 Å². The Hall–Kier alpha value is -2.90. The van der Waals surface area contributed by atoms with E-state index >= 15 is 0 Å². The van der Waals surface area contributed by atoms with Gasteiger partial charge in [-0.05, 0) is 6.07 Å². The van der Waals surface area contributed by atoms with Crippen LogP contribution < -0.4 is 11.5 Å². The molecule has 0 aliphatic rings. The van der Waals surface area contributed by atoms with E-state index in [1.54, 1.807) is 0 Å². The number of amides is 1. The summed E-state index contributed by atoms with van der Waals surface area (Å²) in [6, 6.07) is 1.48. The third kappa shape index (κ3) is 2.23. The van der Waals surface area contributed by atoms with E-state index < -0.39 is 11.9 Å². The first kappa shape index (κ1) is 12.6. The van der Waals surface area contributed by atoms with Crippen molar-refractivity contribution in [2.45, 2.75) is 0 Å². The molecule has 8 heteroatoms. The SMILES string of the molecule is COC(=O)c1ccncc1-n1cc(N)c(C(N)=O)n1. The number of carbonyl (C=O) groups is 2. The summed E-state index contributed by atoms with van der Waals surface area (Å²) in [5.41, 5.74) is 11.4. The van der Waals surface area contributed by atoms with Gasteiger partial charge in [-0.3, -0.25) is 9.78 Å². The van der Waals surface area contributed by atoms with Gasteiger partial charge in [0.25, 0.3) is 5.91 Å². The zero-order chi connectivity index (χ0) is 14.0. The van der Waals surface area contributed by atoms with Crippen molar-refractivity contribution in [1.29, 1.82) is 0 Å². The standard InChI is InChI=1S/C11H11N5O3/c1-19-11(18)6-2-3-14-4-8(6)16-5-7(12)9(15-16)10(13)17/h2-5H,12H2,1H3,(H2,13,17). The summed E-state index contributed by atoms with van der Waals surface area (Å²) in [6.07, 6.45) is 4.23. The molecule has 8 nitrogen and oxygen atoms in total.